The van der Waals surface area contributed by atoms with Gasteiger partial charge in [0.25, 0.3) is 0 Å². The fraction of sp³-hybridized carbons (Fsp3) is 0.294. The molecule has 0 unspecified atom stereocenters. The second-order valence-corrected chi connectivity index (χ2v) is 5.45. The van der Waals surface area contributed by atoms with Crippen molar-refractivity contribution in [2.75, 3.05) is 0 Å². The third-order valence-electron chi connectivity index (χ3n) is 4.01. The van der Waals surface area contributed by atoms with Crippen LogP contribution in [0.5, 0.6) is 0 Å². The summed E-state index contributed by atoms with van der Waals surface area (Å²) in [5.41, 5.74) is 4.72. The van der Waals surface area contributed by atoms with Crippen LogP contribution in [-0.2, 0) is 18.8 Å². The third kappa shape index (κ3) is 3.00. The van der Waals surface area contributed by atoms with E-state index < -0.39 is 42.0 Å². The van der Waals surface area contributed by atoms with Crippen LogP contribution in [0.4, 0.5) is 26.3 Å². The van der Waals surface area contributed by atoms with E-state index in [2.05, 4.69) is 0 Å². The summed E-state index contributed by atoms with van der Waals surface area (Å²) in [6.45, 7) is -0.804. The smallest absolute Gasteiger partial charge is 0.326 e. The monoisotopic (exact) mass is 362 g/mol. The van der Waals surface area contributed by atoms with Crippen LogP contribution >= 0.6 is 0 Å². The number of hydrogen-bond donors (Lipinski definition) is 2. The molecule has 0 aliphatic rings. The molecule has 2 rings (SSSR count). The van der Waals surface area contributed by atoms with E-state index in [1.807, 2.05) is 0 Å². The molecule has 0 spiro atoms. The number of benzene rings is 2. The van der Waals surface area contributed by atoms with E-state index in [9.17, 15) is 22.0 Å². The predicted octanol–water partition coefficient (Wildman–Crippen LogP) is 4.01. The van der Waals surface area contributed by atoms with Crippen molar-refractivity contribution >= 4 is 0 Å². The van der Waals surface area contributed by atoms with E-state index in [1.165, 1.54) is 36.4 Å². The van der Waals surface area contributed by atoms with Crippen molar-refractivity contribution in [2.45, 2.75) is 30.9 Å². The molecule has 0 aliphatic carbocycles. The van der Waals surface area contributed by atoms with Crippen molar-refractivity contribution in [3.63, 3.8) is 0 Å². The summed E-state index contributed by atoms with van der Waals surface area (Å²) in [6.07, 6.45) is -6.12. The van der Waals surface area contributed by atoms with Crippen molar-refractivity contribution in [1.29, 1.82) is 0 Å². The van der Waals surface area contributed by atoms with Crippen LogP contribution in [-0.4, -0.2) is 12.1 Å². The Morgan fingerprint density at radius 2 is 1.00 bits per heavy atom. The van der Waals surface area contributed by atoms with Gasteiger partial charge in [-0.25, -0.2) is 4.39 Å². The average Bonchev–Trinajstić information content (AvgIpc) is 2.59. The Hall–Kier alpha value is -2.06. The zero-order valence-electron chi connectivity index (χ0n) is 13.0. The molecule has 136 valence electrons. The van der Waals surface area contributed by atoms with Crippen LogP contribution in [0, 0.1) is 0 Å². The van der Waals surface area contributed by atoms with Crippen molar-refractivity contribution in [1.82, 2.24) is 0 Å². The first-order valence-corrected chi connectivity index (χ1v) is 7.31. The Morgan fingerprint density at radius 3 is 1.32 bits per heavy atom. The van der Waals surface area contributed by atoms with Crippen LogP contribution in [0.1, 0.15) is 22.3 Å². The predicted molar refractivity (Wildman–Crippen MR) is 81.6 cm³/mol. The van der Waals surface area contributed by atoms with Gasteiger partial charge in [0.05, 0.1) is 0 Å². The summed E-state index contributed by atoms with van der Waals surface area (Å²) in [7, 11) is 0. The van der Waals surface area contributed by atoms with Gasteiger partial charge in [-0.15, -0.1) is 0 Å². The topological polar surface area (TPSA) is 52.0 Å². The maximum atomic E-state index is 15.8. The van der Waals surface area contributed by atoms with E-state index in [4.69, 9.17) is 11.5 Å². The summed E-state index contributed by atoms with van der Waals surface area (Å²) in [5.74, 6) is -5.70. The van der Waals surface area contributed by atoms with Gasteiger partial charge in [-0.1, -0.05) is 48.5 Å². The van der Waals surface area contributed by atoms with E-state index in [0.717, 1.165) is 12.1 Å². The molecular weight excluding hydrogens is 346 g/mol. The number of halogens is 6. The van der Waals surface area contributed by atoms with E-state index >= 15 is 4.39 Å². The van der Waals surface area contributed by atoms with Gasteiger partial charge in [-0.05, 0) is 11.1 Å². The molecule has 0 bridgehead atoms. The summed E-state index contributed by atoms with van der Waals surface area (Å²) in [4.78, 5) is 0. The summed E-state index contributed by atoms with van der Waals surface area (Å²) in [6, 6.07) is 9.31. The lowest BCUT2D eigenvalue weighted by atomic mass is 9.78. The first kappa shape index (κ1) is 19.3. The van der Waals surface area contributed by atoms with Crippen molar-refractivity contribution in [3.8, 4) is 0 Å². The molecule has 4 N–H and O–H groups in total. The molecule has 8 heteroatoms. The summed E-state index contributed by atoms with van der Waals surface area (Å²) < 4.78 is 84.0. The SMILES string of the molecule is NCc1ccccc1C(F)(c1ccccc1CN)C(F)(F)C(F)(F)F. The van der Waals surface area contributed by atoms with Gasteiger partial charge in [0.1, 0.15) is 0 Å². The lowest BCUT2D eigenvalue weighted by Gasteiger charge is -2.37. The van der Waals surface area contributed by atoms with Crippen LogP contribution in [0.2, 0.25) is 0 Å². The molecule has 0 radical (unpaired) electrons. The Balaban J connectivity index is 2.91. The highest BCUT2D eigenvalue weighted by molar-refractivity contribution is 5.47. The average molecular weight is 362 g/mol. The Kier molecular flexibility index (Phi) is 5.15. The Labute approximate surface area is 140 Å². The van der Waals surface area contributed by atoms with Gasteiger partial charge < -0.3 is 11.5 Å². The lowest BCUT2D eigenvalue weighted by molar-refractivity contribution is -0.323. The fourth-order valence-corrected chi connectivity index (χ4v) is 2.75. The molecule has 0 saturated carbocycles. The van der Waals surface area contributed by atoms with Gasteiger partial charge in [-0.2, -0.15) is 22.0 Å². The van der Waals surface area contributed by atoms with Gasteiger partial charge in [0.15, 0.2) is 0 Å². The molecule has 0 saturated heterocycles. The highest BCUT2D eigenvalue weighted by Gasteiger charge is 2.73. The van der Waals surface area contributed by atoms with Crippen LogP contribution < -0.4 is 11.5 Å². The van der Waals surface area contributed by atoms with Crippen LogP contribution in [0.3, 0.4) is 0 Å². The van der Waals surface area contributed by atoms with Crippen LogP contribution in [0.25, 0.3) is 0 Å². The lowest BCUT2D eigenvalue weighted by Crippen LogP contribution is -2.54. The second-order valence-electron chi connectivity index (χ2n) is 5.45. The Bertz CT molecular complexity index is 694. The minimum atomic E-state index is -6.12. The molecule has 0 aromatic heterocycles. The molecule has 2 nitrogen and oxygen atoms in total. The maximum absolute atomic E-state index is 15.8. The number of alkyl halides is 6. The van der Waals surface area contributed by atoms with Crippen molar-refractivity contribution in [3.05, 3.63) is 70.8 Å². The number of rotatable bonds is 5. The largest absolute Gasteiger partial charge is 0.457 e. The molecular formula is C17H16F6N2. The third-order valence-corrected chi connectivity index (χ3v) is 4.01. The van der Waals surface area contributed by atoms with Gasteiger partial charge in [0, 0.05) is 24.2 Å². The maximum Gasteiger partial charge on any atom is 0.457 e. The van der Waals surface area contributed by atoms with Crippen molar-refractivity contribution in [2.24, 2.45) is 11.5 Å². The molecule has 0 aliphatic heterocycles. The standard InChI is InChI=1S/C17H16F6N2/c18-15(16(19,20)17(21,22)23,13-7-3-1-5-11(13)9-24)14-8-4-2-6-12(14)10-25/h1-8H,9-10,24-25H2. The first-order valence-electron chi connectivity index (χ1n) is 7.31. The highest BCUT2D eigenvalue weighted by atomic mass is 19.4. The first-order chi connectivity index (χ1) is 11.6. The zero-order valence-corrected chi connectivity index (χ0v) is 13.0. The van der Waals surface area contributed by atoms with Crippen molar-refractivity contribution < 1.29 is 26.3 Å². The minimum Gasteiger partial charge on any atom is -0.326 e. The molecule has 2 aromatic carbocycles. The fourth-order valence-electron chi connectivity index (χ4n) is 2.75. The quantitative estimate of drug-likeness (QED) is 0.790. The zero-order chi connectivity index (χ0) is 18.9. The van der Waals surface area contributed by atoms with E-state index in [1.54, 1.807) is 0 Å². The van der Waals surface area contributed by atoms with Gasteiger partial charge >= 0.3 is 12.1 Å². The molecule has 25 heavy (non-hydrogen) atoms. The van der Waals surface area contributed by atoms with Gasteiger partial charge in [0.2, 0.25) is 5.67 Å². The number of hydrogen-bond acceptors (Lipinski definition) is 2. The van der Waals surface area contributed by atoms with Crippen LogP contribution in [0.15, 0.2) is 48.5 Å². The molecule has 0 heterocycles. The normalized spacial score (nSPS) is 13.1. The molecule has 0 fully saturated rings. The highest BCUT2D eigenvalue weighted by Crippen LogP contribution is 2.55. The Morgan fingerprint density at radius 1 is 0.640 bits per heavy atom. The molecule has 2 aromatic rings. The van der Waals surface area contributed by atoms with E-state index in [-0.39, 0.29) is 11.1 Å². The second kappa shape index (κ2) is 6.68. The molecule has 0 amide bonds. The van der Waals surface area contributed by atoms with Gasteiger partial charge in [-0.3, -0.25) is 0 Å². The molecule has 0 atom stereocenters. The minimum absolute atomic E-state index is 0.152. The summed E-state index contributed by atoms with van der Waals surface area (Å²) in [5, 5.41) is 0. The summed E-state index contributed by atoms with van der Waals surface area (Å²) >= 11 is 0. The van der Waals surface area contributed by atoms with E-state index in [0.29, 0.717) is 0 Å². The number of nitrogens with two attached hydrogens (primary N) is 2.